The second kappa shape index (κ2) is 6.88. The Morgan fingerprint density at radius 2 is 1.76 bits per heavy atom. The number of hydrogen-bond donors (Lipinski definition) is 0. The van der Waals surface area contributed by atoms with Gasteiger partial charge in [0, 0.05) is 0 Å². The number of para-hydroxylation sites is 1. The third kappa shape index (κ3) is 3.60. The molecule has 0 saturated carbocycles. The smallest absolute Gasteiger partial charge is 0.203 e. The molecule has 110 valence electrons. The van der Waals surface area contributed by atoms with Gasteiger partial charge in [-0.3, -0.25) is 4.79 Å². The second-order valence-corrected chi connectivity index (χ2v) is 4.53. The highest BCUT2D eigenvalue weighted by atomic mass is 19.1. The summed E-state index contributed by atoms with van der Waals surface area (Å²) in [6.07, 6.45) is 0. The van der Waals surface area contributed by atoms with E-state index < -0.39 is 5.82 Å². The van der Waals surface area contributed by atoms with E-state index in [-0.39, 0.29) is 18.1 Å². The topological polar surface area (TPSA) is 35.5 Å². The molecule has 0 fully saturated rings. The van der Waals surface area contributed by atoms with Crippen LogP contribution in [0, 0.1) is 12.7 Å². The third-order valence-corrected chi connectivity index (χ3v) is 3.00. The van der Waals surface area contributed by atoms with Crippen LogP contribution in [0.25, 0.3) is 0 Å². The molecule has 21 heavy (non-hydrogen) atoms. The van der Waals surface area contributed by atoms with Gasteiger partial charge in [0.15, 0.2) is 18.2 Å². The molecule has 0 spiro atoms. The predicted octanol–water partition coefficient (Wildman–Crippen LogP) is 3.79. The molecule has 2 aromatic rings. The van der Waals surface area contributed by atoms with Crippen LogP contribution in [0.15, 0.2) is 42.5 Å². The van der Waals surface area contributed by atoms with Gasteiger partial charge in [0.1, 0.15) is 5.75 Å². The van der Waals surface area contributed by atoms with E-state index in [1.807, 2.05) is 6.92 Å². The van der Waals surface area contributed by atoms with Gasteiger partial charge in [0.2, 0.25) is 5.78 Å². The van der Waals surface area contributed by atoms with Crippen molar-refractivity contribution in [2.45, 2.75) is 13.8 Å². The summed E-state index contributed by atoms with van der Waals surface area (Å²) in [7, 11) is 0. The summed E-state index contributed by atoms with van der Waals surface area (Å²) in [5, 5.41) is 0. The normalized spacial score (nSPS) is 10.2. The Hall–Kier alpha value is -2.36. The molecule has 2 rings (SSSR count). The predicted molar refractivity (Wildman–Crippen MR) is 78.6 cm³/mol. The molecular formula is C17H17FO3. The number of ketones is 1. The standard InChI is InChI=1S/C17H17FO3/c1-3-20-15-9-5-4-8-13(15)14(19)11-21-16-10-6-7-12(2)17(16)18/h4-10H,3,11H2,1-2H3. The molecule has 0 N–H and O–H groups in total. The van der Waals surface area contributed by atoms with E-state index in [0.29, 0.717) is 23.5 Å². The highest BCUT2D eigenvalue weighted by Crippen LogP contribution is 2.22. The van der Waals surface area contributed by atoms with E-state index in [4.69, 9.17) is 9.47 Å². The van der Waals surface area contributed by atoms with Gasteiger partial charge in [-0.05, 0) is 37.6 Å². The number of carbonyl (C=O) groups excluding carboxylic acids is 1. The summed E-state index contributed by atoms with van der Waals surface area (Å²) >= 11 is 0. The molecule has 0 saturated heterocycles. The molecule has 2 aromatic carbocycles. The third-order valence-electron chi connectivity index (χ3n) is 3.00. The van der Waals surface area contributed by atoms with Gasteiger partial charge < -0.3 is 9.47 Å². The van der Waals surface area contributed by atoms with Crippen LogP contribution in [0.1, 0.15) is 22.8 Å². The van der Waals surface area contributed by atoms with Crippen molar-refractivity contribution >= 4 is 5.78 Å². The van der Waals surface area contributed by atoms with E-state index in [9.17, 15) is 9.18 Å². The molecule has 4 heteroatoms. The van der Waals surface area contributed by atoms with Crippen LogP contribution in [0.5, 0.6) is 11.5 Å². The maximum absolute atomic E-state index is 13.8. The monoisotopic (exact) mass is 288 g/mol. The van der Waals surface area contributed by atoms with Crippen LogP contribution >= 0.6 is 0 Å². The minimum atomic E-state index is -0.441. The fourth-order valence-corrected chi connectivity index (χ4v) is 1.93. The van der Waals surface area contributed by atoms with Crippen molar-refractivity contribution in [2.75, 3.05) is 13.2 Å². The van der Waals surface area contributed by atoms with Crippen LogP contribution < -0.4 is 9.47 Å². The van der Waals surface area contributed by atoms with Crippen molar-refractivity contribution in [2.24, 2.45) is 0 Å². The van der Waals surface area contributed by atoms with Gasteiger partial charge in [0.05, 0.1) is 12.2 Å². The first kappa shape index (κ1) is 15.0. The molecule has 0 aliphatic heterocycles. The lowest BCUT2D eigenvalue weighted by atomic mass is 10.1. The minimum Gasteiger partial charge on any atom is -0.493 e. The summed E-state index contributed by atoms with van der Waals surface area (Å²) in [6, 6.07) is 11.8. The van der Waals surface area contributed by atoms with Crippen molar-refractivity contribution in [3.8, 4) is 11.5 Å². The molecule has 0 radical (unpaired) electrons. The average molecular weight is 288 g/mol. The SMILES string of the molecule is CCOc1ccccc1C(=O)COc1cccc(C)c1F. The number of rotatable bonds is 6. The van der Waals surface area contributed by atoms with Gasteiger partial charge in [-0.2, -0.15) is 0 Å². The van der Waals surface area contributed by atoms with Crippen molar-refractivity contribution in [1.82, 2.24) is 0 Å². The molecule has 0 unspecified atom stereocenters. The summed E-state index contributed by atoms with van der Waals surface area (Å²) in [6.45, 7) is 3.73. The molecule has 0 aromatic heterocycles. The zero-order chi connectivity index (χ0) is 15.2. The Kier molecular flexibility index (Phi) is 4.93. The number of aryl methyl sites for hydroxylation is 1. The van der Waals surface area contributed by atoms with E-state index in [1.54, 1.807) is 43.3 Å². The fraction of sp³-hybridized carbons (Fsp3) is 0.235. The largest absolute Gasteiger partial charge is 0.493 e. The Bertz CT molecular complexity index is 638. The maximum Gasteiger partial charge on any atom is 0.203 e. The number of hydrogen-bond acceptors (Lipinski definition) is 3. The van der Waals surface area contributed by atoms with Crippen molar-refractivity contribution in [1.29, 1.82) is 0 Å². The summed E-state index contributed by atoms with van der Waals surface area (Å²) in [5.41, 5.74) is 0.919. The summed E-state index contributed by atoms with van der Waals surface area (Å²) in [4.78, 5) is 12.2. The Morgan fingerprint density at radius 1 is 1.05 bits per heavy atom. The molecular weight excluding hydrogens is 271 g/mol. The number of benzene rings is 2. The van der Waals surface area contributed by atoms with Gasteiger partial charge in [-0.1, -0.05) is 24.3 Å². The van der Waals surface area contributed by atoms with Gasteiger partial charge in [-0.15, -0.1) is 0 Å². The summed E-state index contributed by atoms with van der Waals surface area (Å²) in [5.74, 6) is -0.0982. The van der Waals surface area contributed by atoms with Gasteiger partial charge >= 0.3 is 0 Å². The average Bonchev–Trinajstić information content (AvgIpc) is 2.49. The number of Topliss-reactive ketones (excluding diaryl/α,β-unsaturated/α-hetero) is 1. The van der Waals surface area contributed by atoms with E-state index in [2.05, 4.69) is 0 Å². The molecule has 0 heterocycles. The second-order valence-electron chi connectivity index (χ2n) is 4.53. The lowest BCUT2D eigenvalue weighted by molar-refractivity contribution is 0.0915. The highest BCUT2D eigenvalue weighted by molar-refractivity contribution is 5.99. The van der Waals surface area contributed by atoms with E-state index >= 15 is 0 Å². The van der Waals surface area contributed by atoms with Crippen LogP contribution in [0.2, 0.25) is 0 Å². The van der Waals surface area contributed by atoms with E-state index in [0.717, 1.165) is 0 Å². The Morgan fingerprint density at radius 3 is 2.52 bits per heavy atom. The number of halogens is 1. The van der Waals surface area contributed by atoms with Crippen LogP contribution in [-0.4, -0.2) is 19.0 Å². The lowest BCUT2D eigenvalue weighted by Gasteiger charge is -2.11. The first-order valence-electron chi connectivity index (χ1n) is 6.76. The van der Waals surface area contributed by atoms with Crippen molar-refractivity contribution < 1.29 is 18.7 Å². The zero-order valence-corrected chi connectivity index (χ0v) is 12.1. The molecule has 0 aliphatic rings. The maximum atomic E-state index is 13.8. The molecule has 0 aliphatic carbocycles. The minimum absolute atomic E-state index is 0.0808. The van der Waals surface area contributed by atoms with Crippen LogP contribution in [0.4, 0.5) is 4.39 Å². The summed E-state index contributed by atoms with van der Waals surface area (Å²) < 4.78 is 24.5. The quantitative estimate of drug-likeness (QED) is 0.759. The number of carbonyl (C=O) groups is 1. The first-order valence-corrected chi connectivity index (χ1v) is 6.76. The zero-order valence-electron chi connectivity index (χ0n) is 12.1. The van der Waals surface area contributed by atoms with Crippen LogP contribution in [0.3, 0.4) is 0 Å². The van der Waals surface area contributed by atoms with Gasteiger partial charge in [-0.25, -0.2) is 4.39 Å². The molecule has 0 amide bonds. The fourth-order valence-electron chi connectivity index (χ4n) is 1.93. The van der Waals surface area contributed by atoms with Crippen LogP contribution in [-0.2, 0) is 0 Å². The molecule has 0 atom stereocenters. The Labute approximate surface area is 123 Å². The number of ether oxygens (including phenoxy) is 2. The van der Waals surface area contributed by atoms with Crippen molar-refractivity contribution in [3.63, 3.8) is 0 Å². The highest BCUT2D eigenvalue weighted by Gasteiger charge is 2.14. The van der Waals surface area contributed by atoms with E-state index in [1.165, 1.54) is 6.07 Å². The molecule has 3 nitrogen and oxygen atoms in total. The molecule has 0 bridgehead atoms. The van der Waals surface area contributed by atoms with Crippen molar-refractivity contribution in [3.05, 3.63) is 59.4 Å². The lowest BCUT2D eigenvalue weighted by Crippen LogP contribution is -2.14. The first-order chi connectivity index (χ1) is 10.1. The Balaban J connectivity index is 2.10. The van der Waals surface area contributed by atoms with Gasteiger partial charge in [0.25, 0.3) is 0 Å².